The van der Waals surface area contributed by atoms with Crippen molar-refractivity contribution in [2.24, 2.45) is 0 Å². The molecule has 0 saturated carbocycles. The SMILES string of the molecule is CC(=O)c1ccc(SC(=S)N(C)C)c([N+](=O)[O-])c1. The van der Waals surface area contributed by atoms with Crippen LogP contribution in [0.3, 0.4) is 0 Å². The number of hydrogen-bond donors (Lipinski definition) is 0. The lowest BCUT2D eigenvalue weighted by Gasteiger charge is -2.12. The molecule has 0 bridgehead atoms. The molecule has 1 aromatic carbocycles. The van der Waals surface area contributed by atoms with Crippen LogP contribution < -0.4 is 0 Å². The summed E-state index contributed by atoms with van der Waals surface area (Å²) >= 11 is 6.22. The van der Waals surface area contributed by atoms with Gasteiger partial charge in [0.25, 0.3) is 5.69 Å². The molecular weight excluding hydrogens is 272 g/mol. The van der Waals surface area contributed by atoms with E-state index >= 15 is 0 Å². The number of thiocarbonyl (C=S) groups is 1. The van der Waals surface area contributed by atoms with Gasteiger partial charge in [-0.05, 0) is 19.1 Å². The van der Waals surface area contributed by atoms with Gasteiger partial charge < -0.3 is 4.90 Å². The number of benzene rings is 1. The van der Waals surface area contributed by atoms with Gasteiger partial charge >= 0.3 is 0 Å². The highest BCUT2D eigenvalue weighted by Gasteiger charge is 2.18. The Bertz CT molecular complexity index is 515. The van der Waals surface area contributed by atoms with Crippen LogP contribution in [0.25, 0.3) is 0 Å². The predicted molar refractivity (Wildman–Crippen MR) is 75.2 cm³/mol. The molecule has 0 heterocycles. The third kappa shape index (κ3) is 3.51. The number of ketones is 1. The molecule has 1 aromatic rings. The van der Waals surface area contributed by atoms with E-state index in [1.165, 1.54) is 13.0 Å². The van der Waals surface area contributed by atoms with Crippen molar-refractivity contribution in [2.75, 3.05) is 14.1 Å². The van der Waals surface area contributed by atoms with Crippen LogP contribution >= 0.6 is 24.0 Å². The monoisotopic (exact) mass is 284 g/mol. The molecule has 0 aliphatic carbocycles. The minimum atomic E-state index is -0.507. The lowest BCUT2D eigenvalue weighted by molar-refractivity contribution is -0.387. The lowest BCUT2D eigenvalue weighted by atomic mass is 10.1. The molecule has 0 saturated heterocycles. The summed E-state index contributed by atoms with van der Waals surface area (Å²) in [7, 11) is 3.54. The highest BCUT2D eigenvalue weighted by Crippen LogP contribution is 2.31. The summed E-state index contributed by atoms with van der Waals surface area (Å²) in [6.45, 7) is 1.37. The van der Waals surface area contributed by atoms with Gasteiger partial charge in [0.2, 0.25) is 0 Å². The Kier molecular flexibility index (Phi) is 4.80. The number of carbonyl (C=O) groups is 1. The van der Waals surface area contributed by atoms with E-state index < -0.39 is 4.92 Å². The first-order valence-corrected chi connectivity index (χ1v) is 6.24. The highest BCUT2D eigenvalue weighted by atomic mass is 32.2. The van der Waals surface area contributed by atoms with Crippen LogP contribution in [0.4, 0.5) is 5.69 Å². The zero-order valence-electron chi connectivity index (χ0n) is 10.2. The standard InChI is InChI=1S/C11H12N2O3S2/c1-7(14)8-4-5-10(9(6-8)13(15)16)18-11(17)12(2)3/h4-6H,1-3H3. The Labute approximate surface area is 114 Å². The molecule has 0 unspecified atom stereocenters. The smallest absolute Gasteiger partial charge is 0.284 e. The number of hydrogen-bond acceptors (Lipinski definition) is 5. The van der Waals surface area contributed by atoms with Crippen LogP contribution in [0.2, 0.25) is 0 Å². The maximum absolute atomic E-state index is 11.2. The average Bonchev–Trinajstić information content (AvgIpc) is 2.28. The molecule has 0 aliphatic rings. The fourth-order valence-electron chi connectivity index (χ4n) is 1.15. The molecule has 0 N–H and O–H groups in total. The van der Waals surface area contributed by atoms with Gasteiger partial charge in [-0.1, -0.05) is 24.0 Å². The van der Waals surface area contributed by atoms with Crippen LogP contribution in [0.1, 0.15) is 17.3 Å². The molecule has 0 aromatic heterocycles. The number of carbonyl (C=O) groups excluding carboxylic acids is 1. The minimum absolute atomic E-state index is 0.100. The largest absolute Gasteiger partial charge is 0.363 e. The Hall–Kier alpha value is -1.47. The summed E-state index contributed by atoms with van der Waals surface area (Å²) in [5, 5.41) is 11.0. The first-order chi connectivity index (χ1) is 8.32. The molecule has 0 atom stereocenters. The van der Waals surface area contributed by atoms with Gasteiger partial charge in [-0.3, -0.25) is 14.9 Å². The van der Waals surface area contributed by atoms with Gasteiger partial charge in [0.05, 0.1) is 9.82 Å². The molecule has 96 valence electrons. The summed E-state index contributed by atoms with van der Waals surface area (Å²) in [4.78, 5) is 23.8. The van der Waals surface area contributed by atoms with E-state index in [2.05, 4.69) is 0 Å². The molecule has 5 nitrogen and oxygen atoms in total. The Balaban J connectivity index is 3.16. The van der Waals surface area contributed by atoms with E-state index in [0.717, 1.165) is 11.8 Å². The van der Waals surface area contributed by atoms with Gasteiger partial charge in [0.1, 0.15) is 4.32 Å². The van der Waals surface area contributed by atoms with Crippen LogP contribution in [0, 0.1) is 10.1 Å². The van der Waals surface area contributed by atoms with Crippen LogP contribution in [-0.2, 0) is 0 Å². The van der Waals surface area contributed by atoms with Crippen molar-refractivity contribution in [3.8, 4) is 0 Å². The number of nitro benzene ring substituents is 1. The van der Waals surface area contributed by atoms with Crippen molar-refractivity contribution in [2.45, 2.75) is 11.8 Å². The summed E-state index contributed by atoms with van der Waals surface area (Å²) in [5.74, 6) is -0.204. The Morgan fingerprint density at radius 1 is 1.44 bits per heavy atom. The zero-order chi connectivity index (χ0) is 13.9. The predicted octanol–water partition coefficient (Wildman–Crippen LogP) is 2.74. The van der Waals surface area contributed by atoms with Gasteiger partial charge in [0.15, 0.2) is 5.78 Å². The van der Waals surface area contributed by atoms with Crippen molar-refractivity contribution < 1.29 is 9.72 Å². The van der Waals surface area contributed by atoms with Crippen LogP contribution in [0.15, 0.2) is 23.1 Å². The molecule has 7 heteroatoms. The molecule has 0 spiro atoms. The maximum Gasteiger partial charge on any atom is 0.284 e. The zero-order valence-corrected chi connectivity index (χ0v) is 11.8. The van der Waals surface area contributed by atoms with Crippen LogP contribution in [0.5, 0.6) is 0 Å². The fourth-order valence-corrected chi connectivity index (χ4v) is 2.16. The van der Waals surface area contributed by atoms with Crippen molar-refractivity contribution in [1.82, 2.24) is 4.90 Å². The normalized spacial score (nSPS) is 9.94. The van der Waals surface area contributed by atoms with E-state index in [-0.39, 0.29) is 11.5 Å². The third-order valence-corrected chi connectivity index (χ3v) is 3.84. The van der Waals surface area contributed by atoms with E-state index in [1.807, 2.05) is 0 Å². The molecule has 0 fully saturated rings. The van der Waals surface area contributed by atoms with Crippen molar-refractivity contribution in [1.29, 1.82) is 0 Å². The number of Topliss-reactive ketones (excluding diaryl/α,β-unsaturated/α-hetero) is 1. The van der Waals surface area contributed by atoms with E-state index in [9.17, 15) is 14.9 Å². The minimum Gasteiger partial charge on any atom is -0.363 e. The van der Waals surface area contributed by atoms with Gasteiger partial charge in [-0.2, -0.15) is 0 Å². The topological polar surface area (TPSA) is 63.5 Å². The lowest BCUT2D eigenvalue weighted by Crippen LogP contribution is -2.16. The van der Waals surface area contributed by atoms with Gasteiger partial charge in [-0.25, -0.2) is 0 Å². The number of thioether (sulfide) groups is 1. The van der Waals surface area contributed by atoms with Gasteiger partial charge in [0, 0.05) is 25.7 Å². The van der Waals surface area contributed by atoms with E-state index in [4.69, 9.17) is 12.2 Å². The third-order valence-electron chi connectivity index (χ3n) is 2.12. The second-order valence-corrected chi connectivity index (χ2v) is 5.43. The highest BCUT2D eigenvalue weighted by molar-refractivity contribution is 8.23. The molecule has 0 radical (unpaired) electrons. The van der Waals surface area contributed by atoms with Crippen LogP contribution in [-0.4, -0.2) is 34.0 Å². The van der Waals surface area contributed by atoms with Crippen molar-refractivity contribution in [3.63, 3.8) is 0 Å². The van der Waals surface area contributed by atoms with Gasteiger partial charge in [-0.15, -0.1) is 0 Å². The van der Waals surface area contributed by atoms with Crippen molar-refractivity contribution in [3.05, 3.63) is 33.9 Å². The summed E-state index contributed by atoms with van der Waals surface area (Å²) in [6.07, 6.45) is 0. The second-order valence-electron chi connectivity index (χ2n) is 3.76. The van der Waals surface area contributed by atoms with E-state index in [1.54, 1.807) is 31.1 Å². The quantitative estimate of drug-likeness (QED) is 0.279. The second kappa shape index (κ2) is 5.92. The number of rotatable bonds is 3. The molecule has 0 amide bonds. The van der Waals surface area contributed by atoms with E-state index in [0.29, 0.717) is 14.8 Å². The maximum atomic E-state index is 11.2. The molecule has 0 aliphatic heterocycles. The number of nitro groups is 1. The molecular formula is C11H12N2O3S2. The summed E-state index contributed by atoms with van der Waals surface area (Å²) in [6, 6.07) is 4.40. The Morgan fingerprint density at radius 2 is 2.06 bits per heavy atom. The first kappa shape index (κ1) is 14.6. The average molecular weight is 284 g/mol. The first-order valence-electron chi connectivity index (χ1n) is 5.01. The molecule has 18 heavy (non-hydrogen) atoms. The van der Waals surface area contributed by atoms with Crippen molar-refractivity contribution >= 4 is 39.8 Å². The Morgan fingerprint density at radius 3 is 2.50 bits per heavy atom. The summed E-state index contributed by atoms with van der Waals surface area (Å²) < 4.78 is 0.522. The number of nitrogens with zero attached hydrogens (tertiary/aromatic N) is 2. The summed E-state index contributed by atoms with van der Waals surface area (Å²) in [5.41, 5.74) is 0.221. The fraction of sp³-hybridized carbons (Fsp3) is 0.273. The molecule has 1 rings (SSSR count).